The highest BCUT2D eigenvalue weighted by atomic mass is 32.2. The number of β-lactam (4-membered cyclic amide) rings is 1. The molecule has 17 heteroatoms. The van der Waals surface area contributed by atoms with Gasteiger partial charge in [-0.05, 0) is 6.26 Å². The van der Waals surface area contributed by atoms with Crippen molar-refractivity contribution in [2.45, 2.75) is 15.8 Å². The number of nitrogens with one attached hydrogen (secondary N) is 1. The third kappa shape index (κ3) is 5.12. The van der Waals surface area contributed by atoms with Gasteiger partial charge in [0.25, 0.3) is 5.91 Å². The van der Waals surface area contributed by atoms with Crippen molar-refractivity contribution in [1.29, 1.82) is 0 Å². The number of carbonyl (C=O) groups is 3. The molecule has 4 N–H and O–H groups in total. The molecule has 2 aromatic rings. The molecule has 0 bridgehead atoms. The number of fused-ring (bicyclic) bond motifs is 1. The minimum atomic E-state index is -1.13. The zero-order valence-electron chi connectivity index (χ0n) is 17.6. The number of aromatic nitrogens is 3. The van der Waals surface area contributed by atoms with E-state index < -0.39 is 23.3 Å². The summed E-state index contributed by atoms with van der Waals surface area (Å²) in [5.74, 6) is -1.16. The monoisotopic (exact) mass is 561 g/mol. The predicted molar refractivity (Wildman–Crippen MR) is 133 cm³/mol. The van der Waals surface area contributed by atoms with Crippen molar-refractivity contribution in [2.75, 3.05) is 36.0 Å². The summed E-state index contributed by atoms with van der Waals surface area (Å²) in [5.41, 5.74) is 6.30. The summed E-state index contributed by atoms with van der Waals surface area (Å²) < 4.78 is 0.672. The molecule has 2 aliphatic heterocycles. The zero-order valence-corrected chi connectivity index (χ0v) is 21.7. The first-order valence-electron chi connectivity index (χ1n) is 9.60. The number of thiazole rings is 1. The number of rotatable bonds is 10. The third-order valence-corrected chi connectivity index (χ3v) is 9.76. The number of nitrogens with zero attached hydrogens (tertiary/aromatic N) is 5. The number of hydrogen-bond donors (Lipinski definition) is 3. The molecule has 0 spiro atoms. The van der Waals surface area contributed by atoms with E-state index in [-0.39, 0.29) is 51.8 Å². The number of carbonyl (C=O) groups excluding carboxylic acids is 2. The second-order valence-electron chi connectivity index (χ2n) is 7.24. The minimum Gasteiger partial charge on any atom is -0.481 e. The molecule has 3 atom stereocenters. The fraction of sp³-hybridized carbons (Fsp3) is 0.471. The Kier molecular flexibility index (Phi) is 7.86. The average molecular weight is 562 g/mol. The molecule has 2 amide bonds. The van der Waals surface area contributed by atoms with Crippen LogP contribution in [0.3, 0.4) is 0 Å². The molecular weight excluding hydrogens is 543 g/mol. The van der Waals surface area contributed by atoms with Crippen molar-refractivity contribution >= 4 is 86.6 Å². The number of amides is 2. The summed E-state index contributed by atoms with van der Waals surface area (Å²) in [6.07, 6.45) is 1.82. The van der Waals surface area contributed by atoms with Crippen molar-refractivity contribution in [1.82, 2.24) is 25.4 Å². The van der Waals surface area contributed by atoms with Crippen LogP contribution in [0, 0.1) is 5.41 Å². The van der Waals surface area contributed by atoms with Gasteiger partial charge in [-0.1, -0.05) is 28.3 Å². The van der Waals surface area contributed by atoms with Gasteiger partial charge in [0.05, 0.1) is 0 Å². The molecule has 34 heavy (non-hydrogen) atoms. The highest BCUT2D eigenvalue weighted by Crippen LogP contribution is 2.44. The van der Waals surface area contributed by atoms with Crippen LogP contribution in [0.5, 0.6) is 0 Å². The summed E-state index contributed by atoms with van der Waals surface area (Å²) >= 11 is 6.50. The Bertz CT molecular complexity index is 1100. The number of anilines is 1. The van der Waals surface area contributed by atoms with Crippen LogP contribution in [0.1, 0.15) is 5.69 Å². The molecule has 2 saturated heterocycles. The summed E-state index contributed by atoms with van der Waals surface area (Å²) in [7, 11) is 0. The Labute approximate surface area is 214 Å². The molecule has 2 aliphatic rings. The van der Waals surface area contributed by atoms with Gasteiger partial charge in [-0.25, -0.2) is 4.98 Å². The molecule has 2 aromatic heterocycles. The van der Waals surface area contributed by atoms with Crippen LogP contribution in [-0.4, -0.2) is 90.3 Å². The van der Waals surface area contributed by atoms with Crippen LogP contribution < -0.4 is 11.1 Å². The van der Waals surface area contributed by atoms with Crippen LogP contribution in [-0.2, 0) is 19.2 Å². The first kappa shape index (κ1) is 25.0. The van der Waals surface area contributed by atoms with E-state index in [4.69, 9.17) is 10.6 Å². The number of carboxylic acids is 1. The SMILES string of the molecule is CSCON=C(C(=O)NC1C(=O)N2CC(CSc3nncs3)(C(=O)O)CS[C@H]12)c1csc(N)n1. The van der Waals surface area contributed by atoms with E-state index in [1.165, 1.54) is 51.5 Å². The topological polar surface area (TPSA) is 173 Å². The Hall–Kier alpha value is -2.08. The first-order valence-corrected chi connectivity index (χ1v) is 14.8. The smallest absolute Gasteiger partial charge is 0.313 e. The fourth-order valence-corrected chi connectivity index (χ4v) is 7.34. The van der Waals surface area contributed by atoms with Gasteiger partial charge in [-0.3, -0.25) is 14.4 Å². The number of thioether (sulfide) groups is 3. The minimum absolute atomic E-state index is 0.0530. The lowest BCUT2D eigenvalue weighted by atomic mass is 9.89. The van der Waals surface area contributed by atoms with Gasteiger partial charge in [-0.15, -0.1) is 45.1 Å². The predicted octanol–water partition coefficient (Wildman–Crippen LogP) is 0.881. The summed E-state index contributed by atoms with van der Waals surface area (Å²) in [6.45, 7) is 0.0530. The molecule has 2 unspecified atom stereocenters. The van der Waals surface area contributed by atoms with Crippen LogP contribution in [0.15, 0.2) is 20.4 Å². The van der Waals surface area contributed by atoms with Crippen molar-refractivity contribution in [3.05, 3.63) is 16.6 Å². The lowest BCUT2D eigenvalue weighted by Crippen LogP contribution is -2.74. The highest BCUT2D eigenvalue weighted by Gasteiger charge is 2.57. The van der Waals surface area contributed by atoms with Gasteiger partial charge < -0.3 is 25.9 Å². The van der Waals surface area contributed by atoms with Gasteiger partial charge in [0.2, 0.25) is 5.91 Å². The maximum absolute atomic E-state index is 12.9. The van der Waals surface area contributed by atoms with E-state index in [0.717, 1.165) is 11.3 Å². The maximum atomic E-state index is 12.9. The van der Waals surface area contributed by atoms with Gasteiger partial charge in [0.15, 0.2) is 21.1 Å². The quantitative estimate of drug-likeness (QED) is 0.0935. The lowest BCUT2D eigenvalue weighted by molar-refractivity contribution is -0.157. The second kappa shape index (κ2) is 10.7. The van der Waals surface area contributed by atoms with Crippen LogP contribution in [0.25, 0.3) is 0 Å². The van der Waals surface area contributed by atoms with E-state index in [1.54, 1.807) is 10.9 Å². The summed E-state index contributed by atoms with van der Waals surface area (Å²) in [4.78, 5) is 48.7. The van der Waals surface area contributed by atoms with Crippen molar-refractivity contribution in [2.24, 2.45) is 10.6 Å². The summed E-state index contributed by atoms with van der Waals surface area (Å²) in [6, 6.07) is -0.804. The van der Waals surface area contributed by atoms with Crippen LogP contribution in [0.2, 0.25) is 0 Å². The van der Waals surface area contributed by atoms with Gasteiger partial charge in [0, 0.05) is 23.4 Å². The summed E-state index contributed by atoms with van der Waals surface area (Å²) in [5, 5.41) is 25.7. The van der Waals surface area contributed by atoms with E-state index in [9.17, 15) is 19.5 Å². The molecule has 4 heterocycles. The third-order valence-electron chi connectivity index (χ3n) is 5.00. The van der Waals surface area contributed by atoms with Crippen LogP contribution in [0.4, 0.5) is 5.13 Å². The molecule has 182 valence electrons. The maximum Gasteiger partial charge on any atom is 0.313 e. The van der Waals surface area contributed by atoms with E-state index in [0.29, 0.717) is 4.34 Å². The van der Waals surface area contributed by atoms with Gasteiger partial charge in [-0.2, -0.15) is 0 Å². The van der Waals surface area contributed by atoms with E-state index in [1.807, 2.05) is 6.26 Å². The highest BCUT2D eigenvalue weighted by molar-refractivity contribution is 8.01. The number of oxime groups is 1. The fourth-order valence-electron chi connectivity index (χ4n) is 3.29. The Morgan fingerprint density at radius 2 is 2.29 bits per heavy atom. The Balaban J connectivity index is 1.42. The zero-order chi connectivity index (χ0) is 24.3. The van der Waals surface area contributed by atoms with Gasteiger partial charge in [0.1, 0.15) is 28.0 Å². The van der Waals surface area contributed by atoms with Gasteiger partial charge >= 0.3 is 5.97 Å². The molecule has 0 aliphatic carbocycles. The molecule has 0 radical (unpaired) electrons. The molecular formula is C17H19N7O5S5. The standard InChI is InChI=1S/C17H19N7O5S5/c1-30-7-29-23-9(8-2-31-15(18)20-8)11(25)21-10-12(26)24-3-17(14(27)28,4-32-13(10)24)5-33-16-22-19-6-34-16/h2,6,10,13H,3-5,7H2,1H3,(H2,18,20)(H,21,25)(H,27,28)/t10?,13-,17?/m1/s1. The van der Waals surface area contributed by atoms with Crippen LogP contribution >= 0.6 is 58.0 Å². The lowest BCUT2D eigenvalue weighted by Gasteiger charge is -2.53. The van der Waals surface area contributed by atoms with Crippen molar-refractivity contribution < 1.29 is 24.3 Å². The second-order valence-corrected chi connectivity index (χ2v) is 12.1. The average Bonchev–Trinajstić information content (AvgIpc) is 3.50. The molecule has 4 rings (SSSR count). The molecule has 0 saturated carbocycles. The van der Waals surface area contributed by atoms with E-state index in [2.05, 4.69) is 25.7 Å². The van der Waals surface area contributed by atoms with Crippen molar-refractivity contribution in [3.8, 4) is 0 Å². The van der Waals surface area contributed by atoms with Crippen molar-refractivity contribution in [3.63, 3.8) is 0 Å². The number of carboxylic acid groups (broad SMARTS) is 1. The Morgan fingerprint density at radius 1 is 1.47 bits per heavy atom. The normalized spacial score (nSPS) is 24.3. The number of nitrogen functional groups attached to an aromatic ring is 1. The molecule has 2 fully saturated rings. The number of nitrogens with two attached hydrogens (primary N) is 1. The number of hydrogen-bond acceptors (Lipinski definition) is 14. The Morgan fingerprint density at radius 3 is 2.94 bits per heavy atom. The molecule has 0 aromatic carbocycles. The number of aliphatic carboxylic acids is 1. The largest absolute Gasteiger partial charge is 0.481 e. The molecule has 12 nitrogen and oxygen atoms in total. The first-order chi connectivity index (χ1) is 16.3. The van der Waals surface area contributed by atoms with E-state index >= 15 is 0 Å².